The Morgan fingerprint density at radius 1 is 1.28 bits per heavy atom. The predicted molar refractivity (Wildman–Crippen MR) is 73.2 cm³/mol. The molecule has 2 N–H and O–H groups in total. The van der Waals surface area contributed by atoms with Crippen LogP contribution in [0.5, 0.6) is 0 Å². The van der Waals surface area contributed by atoms with Crippen LogP contribution in [0.3, 0.4) is 0 Å². The molecule has 0 radical (unpaired) electrons. The van der Waals surface area contributed by atoms with Gasteiger partial charge in [0, 0.05) is 19.6 Å². The highest BCUT2D eigenvalue weighted by Crippen LogP contribution is 2.50. The highest BCUT2D eigenvalue weighted by Gasteiger charge is 2.53. The molecule has 0 bridgehead atoms. The monoisotopic (exact) mass is 246 g/mol. The van der Waals surface area contributed by atoms with Gasteiger partial charge in [-0.15, -0.1) is 0 Å². The Labute approximate surface area is 109 Å². The summed E-state index contributed by atoms with van der Waals surface area (Å²) in [5, 5.41) is 0. The Kier molecular flexibility index (Phi) is 3.71. The Hall–Kier alpha value is -1.35. The number of benzene rings is 1. The molecule has 1 aromatic rings. The molecule has 0 atom stereocenters. The molecule has 0 aromatic heterocycles. The van der Waals surface area contributed by atoms with Crippen molar-refractivity contribution in [2.24, 2.45) is 5.73 Å². The highest BCUT2D eigenvalue weighted by molar-refractivity contribution is 5.91. The van der Waals surface area contributed by atoms with Gasteiger partial charge in [-0.25, -0.2) is 0 Å². The second kappa shape index (κ2) is 5.11. The summed E-state index contributed by atoms with van der Waals surface area (Å²) >= 11 is 0. The van der Waals surface area contributed by atoms with Crippen molar-refractivity contribution >= 4 is 5.91 Å². The van der Waals surface area contributed by atoms with E-state index in [0.29, 0.717) is 6.54 Å². The number of carbonyl (C=O) groups excluding carboxylic acids is 1. The fourth-order valence-electron chi connectivity index (χ4n) is 2.70. The van der Waals surface area contributed by atoms with Gasteiger partial charge in [-0.3, -0.25) is 4.79 Å². The maximum absolute atomic E-state index is 12.6. The minimum Gasteiger partial charge on any atom is -0.342 e. The molecular weight excluding hydrogens is 224 g/mol. The Morgan fingerprint density at radius 2 is 1.89 bits per heavy atom. The molecule has 0 spiro atoms. The number of nitrogens with zero attached hydrogens (tertiary/aromatic N) is 1. The van der Waals surface area contributed by atoms with Gasteiger partial charge < -0.3 is 10.6 Å². The molecular formula is C15H22N2O. The minimum absolute atomic E-state index is 0.272. The lowest BCUT2D eigenvalue weighted by Gasteiger charge is -2.26. The van der Waals surface area contributed by atoms with E-state index in [9.17, 15) is 4.79 Å². The number of hydrogen-bond acceptors (Lipinski definition) is 2. The molecule has 0 heterocycles. The van der Waals surface area contributed by atoms with Crippen molar-refractivity contribution in [1.82, 2.24) is 4.90 Å². The average Bonchev–Trinajstić information content (AvgIpc) is 3.21. The van der Waals surface area contributed by atoms with Gasteiger partial charge in [0.05, 0.1) is 5.41 Å². The summed E-state index contributed by atoms with van der Waals surface area (Å²) < 4.78 is 0. The SMILES string of the molecule is CCN(CC)C(=O)C1(c2ccccc2CN)CC1. The predicted octanol–water partition coefficient (Wildman–Crippen LogP) is 2.05. The van der Waals surface area contributed by atoms with Crippen LogP contribution in [-0.4, -0.2) is 23.9 Å². The van der Waals surface area contributed by atoms with Crippen molar-refractivity contribution in [3.05, 3.63) is 35.4 Å². The second-order valence-electron chi connectivity index (χ2n) is 4.92. The fraction of sp³-hybridized carbons (Fsp3) is 0.533. The zero-order valence-electron chi connectivity index (χ0n) is 11.3. The zero-order chi connectivity index (χ0) is 13.2. The van der Waals surface area contributed by atoms with Crippen molar-refractivity contribution in [3.63, 3.8) is 0 Å². The largest absolute Gasteiger partial charge is 0.342 e. The lowest BCUT2D eigenvalue weighted by Crippen LogP contribution is -2.39. The summed E-state index contributed by atoms with van der Waals surface area (Å²) in [5.41, 5.74) is 7.77. The van der Waals surface area contributed by atoms with E-state index in [1.165, 1.54) is 0 Å². The quantitative estimate of drug-likeness (QED) is 0.864. The number of amides is 1. The summed E-state index contributed by atoms with van der Waals surface area (Å²) in [5.74, 6) is 0.272. The maximum Gasteiger partial charge on any atom is 0.233 e. The van der Waals surface area contributed by atoms with Crippen LogP contribution in [-0.2, 0) is 16.8 Å². The van der Waals surface area contributed by atoms with Crippen molar-refractivity contribution in [2.45, 2.75) is 38.6 Å². The van der Waals surface area contributed by atoms with Gasteiger partial charge in [0.25, 0.3) is 0 Å². The van der Waals surface area contributed by atoms with E-state index in [0.717, 1.165) is 37.1 Å². The first-order valence-corrected chi connectivity index (χ1v) is 6.77. The summed E-state index contributed by atoms with van der Waals surface area (Å²) in [7, 11) is 0. The van der Waals surface area contributed by atoms with Crippen molar-refractivity contribution < 1.29 is 4.79 Å². The molecule has 18 heavy (non-hydrogen) atoms. The van der Waals surface area contributed by atoms with Crippen LogP contribution in [0.4, 0.5) is 0 Å². The Morgan fingerprint density at radius 3 is 2.39 bits per heavy atom. The van der Waals surface area contributed by atoms with Gasteiger partial charge in [0.1, 0.15) is 0 Å². The molecule has 3 heteroatoms. The van der Waals surface area contributed by atoms with Crippen molar-refractivity contribution in [2.75, 3.05) is 13.1 Å². The third-order valence-electron chi connectivity index (χ3n) is 3.96. The lowest BCUT2D eigenvalue weighted by molar-refractivity contribution is -0.133. The molecule has 0 unspecified atom stereocenters. The maximum atomic E-state index is 12.6. The Balaban J connectivity index is 2.34. The van der Waals surface area contributed by atoms with Crippen LogP contribution in [0.1, 0.15) is 37.8 Å². The van der Waals surface area contributed by atoms with E-state index >= 15 is 0 Å². The molecule has 1 amide bonds. The van der Waals surface area contributed by atoms with Gasteiger partial charge in [-0.2, -0.15) is 0 Å². The van der Waals surface area contributed by atoms with Crippen LogP contribution in [0, 0.1) is 0 Å². The minimum atomic E-state index is -0.276. The van der Waals surface area contributed by atoms with Gasteiger partial charge in [-0.1, -0.05) is 24.3 Å². The van der Waals surface area contributed by atoms with Crippen LogP contribution in [0.2, 0.25) is 0 Å². The van der Waals surface area contributed by atoms with Gasteiger partial charge in [-0.05, 0) is 37.8 Å². The molecule has 1 aliphatic rings. The average molecular weight is 246 g/mol. The summed E-state index contributed by atoms with van der Waals surface area (Å²) in [6, 6.07) is 8.09. The molecule has 1 fully saturated rings. The number of rotatable bonds is 5. The third-order valence-corrected chi connectivity index (χ3v) is 3.96. The van der Waals surface area contributed by atoms with Crippen molar-refractivity contribution in [1.29, 1.82) is 0 Å². The van der Waals surface area contributed by atoms with Crippen LogP contribution < -0.4 is 5.73 Å². The molecule has 0 saturated heterocycles. The molecule has 1 aliphatic carbocycles. The summed E-state index contributed by atoms with van der Waals surface area (Å²) in [4.78, 5) is 14.6. The van der Waals surface area contributed by atoms with E-state index in [1.54, 1.807) is 0 Å². The number of carbonyl (C=O) groups is 1. The standard InChI is InChI=1S/C15H22N2O/c1-3-17(4-2)14(18)15(9-10-15)13-8-6-5-7-12(13)11-16/h5-8H,3-4,9-11,16H2,1-2H3. The Bertz CT molecular complexity index is 434. The zero-order valence-corrected chi connectivity index (χ0v) is 11.3. The van der Waals surface area contributed by atoms with Crippen LogP contribution >= 0.6 is 0 Å². The van der Waals surface area contributed by atoms with E-state index < -0.39 is 0 Å². The van der Waals surface area contributed by atoms with Gasteiger partial charge >= 0.3 is 0 Å². The summed E-state index contributed by atoms with van der Waals surface area (Å²) in [6.07, 6.45) is 1.92. The fourth-order valence-corrected chi connectivity index (χ4v) is 2.70. The molecule has 98 valence electrons. The molecule has 1 aromatic carbocycles. The first-order valence-electron chi connectivity index (χ1n) is 6.77. The highest BCUT2D eigenvalue weighted by atomic mass is 16.2. The molecule has 0 aliphatic heterocycles. The first kappa shape index (κ1) is 13.1. The van der Waals surface area contributed by atoms with Crippen LogP contribution in [0.25, 0.3) is 0 Å². The molecule has 3 nitrogen and oxygen atoms in total. The molecule has 1 saturated carbocycles. The van der Waals surface area contributed by atoms with Gasteiger partial charge in [0.15, 0.2) is 0 Å². The third kappa shape index (κ3) is 2.03. The van der Waals surface area contributed by atoms with E-state index in [2.05, 4.69) is 6.07 Å². The summed E-state index contributed by atoms with van der Waals surface area (Å²) in [6.45, 7) is 6.13. The van der Waals surface area contributed by atoms with E-state index in [-0.39, 0.29) is 11.3 Å². The topological polar surface area (TPSA) is 46.3 Å². The van der Waals surface area contributed by atoms with E-state index in [1.807, 2.05) is 36.9 Å². The lowest BCUT2D eigenvalue weighted by atomic mass is 9.90. The first-order chi connectivity index (χ1) is 8.69. The smallest absolute Gasteiger partial charge is 0.233 e. The normalized spacial score (nSPS) is 16.4. The number of likely N-dealkylation sites (N-methyl/N-ethyl adjacent to an activating group) is 1. The van der Waals surface area contributed by atoms with E-state index in [4.69, 9.17) is 5.73 Å². The second-order valence-corrected chi connectivity index (χ2v) is 4.92. The molecule has 2 rings (SSSR count). The number of hydrogen-bond donors (Lipinski definition) is 1. The van der Waals surface area contributed by atoms with Crippen molar-refractivity contribution in [3.8, 4) is 0 Å². The number of nitrogens with two attached hydrogens (primary N) is 1. The van der Waals surface area contributed by atoms with Gasteiger partial charge in [0.2, 0.25) is 5.91 Å². The van der Waals surface area contributed by atoms with Crippen LogP contribution in [0.15, 0.2) is 24.3 Å².